The molecule has 2 N–H and O–H groups in total. The number of nitrogens with one attached hydrogen (secondary N) is 1. The fourth-order valence-electron chi connectivity index (χ4n) is 4.04. The Labute approximate surface area is 221 Å². The van der Waals surface area contributed by atoms with Gasteiger partial charge < -0.3 is 15.2 Å². The van der Waals surface area contributed by atoms with Gasteiger partial charge in [0.15, 0.2) is 6.04 Å². The highest BCUT2D eigenvalue weighted by Gasteiger charge is 2.24. The zero-order valence-electron chi connectivity index (χ0n) is 21.6. The van der Waals surface area contributed by atoms with Crippen molar-refractivity contribution in [3.63, 3.8) is 0 Å². The molecule has 1 amide bonds. The molecule has 194 valence electrons. The maximum absolute atomic E-state index is 13.1. The van der Waals surface area contributed by atoms with E-state index in [1.54, 1.807) is 32.0 Å². The molecule has 0 radical (unpaired) electrons. The molecule has 0 aliphatic rings. The summed E-state index contributed by atoms with van der Waals surface area (Å²) in [5.41, 5.74) is 6.11. The van der Waals surface area contributed by atoms with E-state index in [1.807, 2.05) is 67.6 Å². The summed E-state index contributed by atoms with van der Waals surface area (Å²) in [6, 6.07) is 26.1. The van der Waals surface area contributed by atoms with E-state index in [4.69, 9.17) is 4.74 Å². The molecular weight excluding hydrogens is 481 g/mol. The van der Waals surface area contributed by atoms with E-state index in [1.165, 1.54) is 12.1 Å². The Morgan fingerprint density at radius 3 is 2.05 bits per heavy atom. The van der Waals surface area contributed by atoms with Crippen LogP contribution in [0.5, 0.6) is 5.75 Å². The lowest BCUT2D eigenvalue weighted by Gasteiger charge is -2.19. The molecule has 0 aliphatic heterocycles. The molecule has 0 bridgehead atoms. The highest BCUT2D eigenvalue weighted by atomic mass is 19.1. The van der Waals surface area contributed by atoms with Gasteiger partial charge in [0, 0.05) is 5.92 Å². The first-order chi connectivity index (χ1) is 18.2. The topological polar surface area (TPSA) is 75.6 Å². The van der Waals surface area contributed by atoms with Gasteiger partial charge in [-0.3, -0.25) is 4.79 Å². The fourth-order valence-corrected chi connectivity index (χ4v) is 4.04. The third kappa shape index (κ3) is 6.45. The minimum Gasteiger partial charge on any atom is -0.489 e. The van der Waals surface area contributed by atoms with Crippen LogP contribution in [-0.2, 0) is 16.2 Å². The van der Waals surface area contributed by atoms with Crippen LogP contribution in [-0.4, -0.2) is 17.0 Å². The van der Waals surface area contributed by atoms with Gasteiger partial charge in [0.2, 0.25) is 5.91 Å². The van der Waals surface area contributed by atoms with E-state index in [-0.39, 0.29) is 17.6 Å². The van der Waals surface area contributed by atoms with Crippen LogP contribution in [0.4, 0.5) is 4.39 Å². The lowest BCUT2D eigenvalue weighted by atomic mass is 9.90. The molecule has 1 unspecified atom stereocenters. The van der Waals surface area contributed by atoms with Gasteiger partial charge in [-0.2, -0.15) is 0 Å². The van der Waals surface area contributed by atoms with Crippen molar-refractivity contribution in [1.82, 2.24) is 5.32 Å². The lowest BCUT2D eigenvalue weighted by Crippen LogP contribution is -2.36. The number of benzene rings is 4. The summed E-state index contributed by atoms with van der Waals surface area (Å²) in [5.74, 6) is -1.39. The van der Waals surface area contributed by atoms with Gasteiger partial charge in [0.1, 0.15) is 18.2 Å². The summed E-state index contributed by atoms with van der Waals surface area (Å²) in [6.07, 6.45) is 0. The molecule has 38 heavy (non-hydrogen) atoms. The SMILES string of the molecule is Cc1ccc(-c2cc(C(NC(=O)C(C)C)C(=O)O)ccc2-c2ccc(OCc3ccc(F)cc3)cc2)cc1. The second-order valence-corrected chi connectivity index (χ2v) is 9.55. The van der Waals surface area contributed by atoms with E-state index < -0.39 is 12.0 Å². The molecule has 1 atom stereocenters. The molecule has 5 nitrogen and oxygen atoms in total. The van der Waals surface area contributed by atoms with Gasteiger partial charge in [-0.25, -0.2) is 9.18 Å². The number of carbonyl (C=O) groups is 2. The number of ether oxygens (including phenoxy) is 1. The molecule has 4 rings (SSSR count). The first kappa shape index (κ1) is 26.6. The Kier molecular flexibility index (Phi) is 8.22. The molecule has 0 heterocycles. The largest absolute Gasteiger partial charge is 0.489 e. The Morgan fingerprint density at radius 1 is 0.842 bits per heavy atom. The summed E-state index contributed by atoms with van der Waals surface area (Å²) < 4.78 is 19.0. The fraction of sp³-hybridized carbons (Fsp3) is 0.188. The summed E-state index contributed by atoms with van der Waals surface area (Å²) in [7, 11) is 0. The van der Waals surface area contributed by atoms with Crippen molar-refractivity contribution >= 4 is 11.9 Å². The van der Waals surface area contributed by atoms with Crippen LogP contribution in [0.25, 0.3) is 22.3 Å². The van der Waals surface area contributed by atoms with Gasteiger partial charge in [-0.15, -0.1) is 0 Å². The van der Waals surface area contributed by atoms with Crippen molar-refractivity contribution in [3.05, 3.63) is 114 Å². The Hall–Kier alpha value is -4.45. The third-order valence-corrected chi connectivity index (χ3v) is 6.28. The number of hydrogen-bond donors (Lipinski definition) is 2. The molecular formula is C32H30FNO4. The van der Waals surface area contributed by atoms with Crippen LogP contribution in [0.3, 0.4) is 0 Å². The monoisotopic (exact) mass is 511 g/mol. The van der Waals surface area contributed by atoms with E-state index in [9.17, 15) is 19.1 Å². The zero-order valence-corrected chi connectivity index (χ0v) is 21.6. The average molecular weight is 512 g/mol. The summed E-state index contributed by atoms with van der Waals surface area (Å²) in [4.78, 5) is 24.4. The number of carboxylic acid groups (broad SMARTS) is 1. The number of halogens is 1. The van der Waals surface area contributed by atoms with E-state index in [0.717, 1.165) is 33.4 Å². The zero-order chi connectivity index (χ0) is 27.2. The van der Waals surface area contributed by atoms with E-state index in [0.29, 0.717) is 17.9 Å². The smallest absolute Gasteiger partial charge is 0.330 e. The molecule has 4 aromatic carbocycles. The van der Waals surface area contributed by atoms with Gasteiger partial charge in [-0.05, 0) is 70.6 Å². The van der Waals surface area contributed by atoms with E-state index in [2.05, 4.69) is 5.32 Å². The van der Waals surface area contributed by atoms with Crippen LogP contribution in [0.1, 0.15) is 36.6 Å². The molecule has 0 fully saturated rings. The van der Waals surface area contributed by atoms with E-state index >= 15 is 0 Å². The molecule has 0 saturated heterocycles. The summed E-state index contributed by atoms with van der Waals surface area (Å²) >= 11 is 0. The lowest BCUT2D eigenvalue weighted by molar-refractivity contribution is -0.142. The number of aryl methyl sites for hydroxylation is 1. The van der Waals surface area contributed by atoms with Gasteiger partial charge >= 0.3 is 5.97 Å². The predicted molar refractivity (Wildman–Crippen MR) is 146 cm³/mol. The minimum absolute atomic E-state index is 0.287. The number of carbonyl (C=O) groups excluding carboxylic acids is 1. The van der Waals surface area contributed by atoms with Crippen molar-refractivity contribution in [3.8, 4) is 28.0 Å². The summed E-state index contributed by atoms with van der Waals surface area (Å²) in [6.45, 7) is 5.78. The Bertz CT molecular complexity index is 1410. The maximum atomic E-state index is 13.1. The van der Waals surface area contributed by atoms with Crippen LogP contribution in [0.15, 0.2) is 91.0 Å². The molecule has 0 spiro atoms. The standard InChI is InChI=1S/C32H30FNO4/c1-20(2)31(35)34-30(32(36)37)25-12-17-28(29(18-25)24-8-4-21(3)5-9-24)23-10-15-27(16-11-23)38-19-22-6-13-26(33)14-7-22/h4-18,20,30H,19H2,1-3H3,(H,34,35)(H,36,37). The van der Waals surface area contributed by atoms with Crippen LogP contribution in [0, 0.1) is 18.7 Å². The van der Waals surface area contributed by atoms with Crippen LogP contribution >= 0.6 is 0 Å². The number of aliphatic carboxylic acids is 1. The van der Waals surface area contributed by atoms with Crippen molar-refractivity contribution in [2.45, 2.75) is 33.4 Å². The molecule has 6 heteroatoms. The minimum atomic E-state index is -1.16. The van der Waals surface area contributed by atoms with Gasteiger partial charge in [-0.1, -0.05) is 80.1 Å². The highest BCUT2D eigenvalue weighted by Crippen LogP contribution is 2.35. The average Bonchev–Trinajstić information content (AvgIpc) is 2.91. The summed E-state index contributed by atoms with van der Waals surface area (Å²) in [5, 5.41) is 12.5. The van der Waals surface area contributed by atoms with Crippen LogP contribution in [0.2, 0.25) is 0 Å². The third-order valence-electron chi connectivity index (χ3n) is 6.28. The van der Waals surface area contributed by atoms with Crippen molar-refractivity contribution < 1.29 is 23.8 Å². The Balaban J connectivity index is 1.66. The first-order valence-corrected chi connectivity index (χ1v) is 12.4. The Morgan fingerprint density at radius 2 is 1.45 bits per heavy atom. The highest BCUT2D eigenvalue weighted by molar-refractivity contribution is 5.88. The predicted octanol–water partition coefficient (Wildman–Crippen LogP) is 6.95. The number of carboxylic acids is 1. The van der Waals surface area contributed by atoms with Crippen molar-refractivity contribution in [2.24, 2.45) is 5.92 Å². The van der Waals surface area contributed by atoms with Crippen LogP contribution < -0.4 is 10.1 Å². The number of amides is 1. The van der Waals surface area contributed by atoms with Crippen molar-refractivity contribution in [2.75, 3.05) is 0 Å². The van der Waals surface area contributed by atoms with Crippen molar-refractivity contribution in [1.29, 1.82) is 0 Å². The normalized spacial score (nSPS) is 11.7. The first-order valence-electron chi connectivity index (χ1n) is 12.4. The molecule has 0 saturated carbocycles. The molecule has 0 aliphatic carbocycles. The second kappa shape index (κ2) is 11.7. The van der Waals surface area contributed by atoms with Gasteiger partial charge in [0.05, 0.1) is 0 Å². The second-order valence-electron chi connectivity index (χ2n) is 9.55. The molecule has 4 aromatic rings. The molecule has 0 aromatic heterocycles. The van der Waals surface area contributed by atoms with Gasteiger partial charge in [0.25, 0.3) is 0 Å². The number of rotatable bonds is 9. The maximum Gasteiger partial charge on any atom is 0.330 e. The quantitative estimate of drug-likeness (QED) is 0.255. The number of hydrogen-bond acceptors (Lipinski definition) is 3.